The van der Waals surface area contributed by atoms with Gasteiger partial charge in [-0.15, -0.1) is 0 Å². The molecule has 1 aromatic carbocycles. The topological polar surface area (TPSA) is 163 Å². The molecule has 0 aliphatic heterocycles. The lowest BCUT2D eigenvalue weighted by molar-refractivity contribution is -0.0513. The zero-order valence-corrected chi connectivity index (χ0v) is 24.3. The van der Waals surface area contributed by atoms with Crippen LogP contribution in [-0.2, 0) is 42.7 Å². The van der Waals surface area contributed by atoms with Gasteiger partial charge in [-0.2, -0.15) is 43.2 Å². The molecule has 1 aromatic heterocycles. The van der Waals surface area contributed by atoms with Gasteiger partial charge in [0.15, 0.2) is 22.9 Å². The van der Waals surface area contributed by atoms with Gasteiger partial charge in [-0.1, -0.05) is 6.07 Å². The molecule has 1 heterocycles. The molecule has 0 spiro atoms. The van der Waals surface area contributed by atoms with Gasteiger partial charge >= 0.3 is 43.2 Å². The highest BCUT2D eigenvalue weighted by atomic mass is 32.2. The molecule has 0 fully saturated rings. The third-order valence-electron chi connectivity index (χ3n) is 5.10. The van der Waals surface area contributed by atoms with Crippen LogP contribution in [0.5, 0.6) is 23.0 Å². The Labute approximate surface area is 240 Å². The number of alkyl halides is 6. The molecule has 0 unspecified atom stereocenters. The Kier molecular flexibility index (Phi) is 10.5. The van der Waals surface area contributed by atoms with Crippen molar-refractivity contribution in [3.63, 3.8) is 0 Å². The van der Waals surface area contributed by atoms with Crippen molar-refractivity contribution >= 4 is 32.2 Å². The Morgan fingerprint density at radius 1 is 0.791 bits per heavy atom. The van der Waals surface area contributed by atoms with Crippen molar-refractivity contribution in [1.29, 1.82) is 0 Å². The van der Waals surface area contributed by atoms with E-state index < -0.39 is 72.6 Å². The van der Waals surface area contributed by atoms with Gasteiger partial charge in [-0.25, -0.2) is 9.59 Å². The number of nitrogens with zero attached hydrogens (tertiary/aromatic N) is 1. The first kappa shape index (κ1) is 35.3. The van der Waals surface area contributed by atoms with Crippen LogP contribution in [0, 0.1) is 0 Å². The van der Waals surface area contributed by atoms with Crippen molar-refractivity contribution < 1.29 is 80.1 Å². The first-order valence-electron chi connectivity index (χ1n) is 11.4. The number of halogens is 6. The number of benzene rings is 1. The first-order valence-corrected chi connectivity index (χ1v) is 14.2. The van der Waals surface area contributed by atoms with E-state index in [2.05, 4.69) is 17.8 Å². The summed E-state index contributed by atoms with van der Waals surface area (Å²) in [5, 5.41) is 0. The molecular formula is C22H23F6NO12S2. The van der Waals surface area contributed by atoms with E-state index in [-0.39, 0.29) is 24.0 Å². The zero-order valence-electron chi connectivity index (χ0n) is 22.7. The summed E-state index contributed by atoms with van der Waals surface area (Å²) in [5.74, 6) is -7.16. The number of aromatic nitrogens is 1. The largest absolute Gasteiger partial charge is 0.534 e. The smallest absolute Gasteiger partial charge is 0.493 e. The minimum atomic E-state index is -6.82. The molecule has 0 saturated heterocycles. The number of methoxy groups -OCH3 is 3. The second-order valence-electron chi connectivity index (χ2n) is 8.36. The van der Waals surface area contributed by atoms with Crippen molar-refractivity contribution in [2.45, 2.75) is 43.9 Å². The SMILES string of the molecule is COC(=O)c1c(OS(=O)(=O)C(F)(F)F)c(OS(=O)(=O)C(F)(F)F)c(C(=O)OC)n1CCc1ccc(OC)c(OC(C)C)c1. The molecule has 2 rings (SSSR count). The quantitative estimate of drug-likeness (QED) is 0.140. The molecule has 0 radical (unpaired) electrons. The van der Waals surface area contributed by atoms with Crippen molar-refractivity contribution in [3.05, 3.63) is 35.2 Å². The number of hydrogen-bond acceptors (Lipinski definition) is 12. The molecule has 0 atom stereocenters. The van der Waals surface area contributed by atoms with Crippen LogP contribution in [0.25, 0.3) is 0 Å². The van der Waals surface area contributed by atoms with Gasteiger partial charge in [-0.05, 0) is 38.0 Å². The van der Waals surface area contributed by atoms with Crippen LogP contribution < -0.4 is 17.8 Å². The van der Waals surface area contributed by atoms with Crippen LogP contribution in [0.4, 0.5) is 26.3 Å². The minimum Gasteiger partial charge on any atom is -0.493 e. The molecular weight excluding hydrogens is 648 g/mol. The van der Waals surface area contributed by atoms with Gasteiger partial charge < -0.3 is 31.9 Å². The average Bonchev–Trinajstić information content (AvgIpc) is 3.16. The van der Waals surface area contributed by atoms with Crippen LogP contribution in [0.1, 0.15) is 40.4 Å². The van der Waals surface area contributed by atoms with Gasteiger partial charge in [0, 0.05) is 6.54 Å². The lowest BCUT2D eigenvalue weighted by Crippen LogP contribution is -2.30. The summed E-state index contributed by atoms with van der Waals surface area (Å²) in [4.78, 5) is 25.4. The fourth-order valence-electron chi connectivity index (χ4n) is 3.33. The predicted octanol–water partition coefficient (Wildman–Crippen LogP) is 3.56. The third kappa shape index (κ3) is 7.75. The van der Waals surface area contributed by atoms with E-state index in [0.29, 0.717) is 24.4 Å². The highest BCUT2D eigenvalue weighted by molar-refractivity contribution is 7.88. The Bertz CT molecular complexity index is 1500. The van der Waals surface area contributed by atoms with Crippen LogP contribution in [0.15, 0.2) is 18.2 Å². The molecule has 0 bridgehead atoms. The van der Waals surface area contributed by atoms with E-state index in [1.807, 2.05) is 0 Å². The Hall–Kier alpha value is -3.88. The number of esters is 2. The van der Waals surface area contributed by atoms with Crippen LogP contribution in [0.2, 0.25) is 0 Å². The summed E-state index contributed by atoms with van der Waals surface area (Å²) in [7, 11) is -11.0. The molecule has 0 amide bonds. The van der Waals surface area contributed by atoms with Gasteiger partial charge in [-0.3, -0.25) is 0 Å². The molecule has 0 aliphatic rings. The number of aryl methyl sites for hydroxylation is 1. The maximum atomic E-state index is 13.2. The van der Waals surface area contributed by atoms with E-state index in [9.17, 15) is 52.8 Å². The van der Waals surface area contributed by atoms with Crippen LogP contribution >= 0.6 is 0 Å². The first-order chi connectivity index (χ1) is 19.6. The highest BCUT2D eigenvalue weighted by Crippen LogP contribution is 2.44. The molecule has 43 heavy (non-hydrogen) atoms. The zero-order chi connectivity index (χ0) is 33.1. The van der Waals surface area contributed by atoms with Crippen molar-refractivity contribution in [1.82, 2.24) is 4.57 Å². The van der Waals surface area contributed by atoms with Crippen molar-refractivity contribution in [3.8, 4) is 23.0 Å². The lowest BCUT2D eigenvalue weighted by atomic mass is 10.1. The van der Waals surface area contributed by atoms with Crippen molar-refractivity contribution in [2.75, 3.05) is 21.3 Å². The van der Waals surface area contributed by atoms with Crippen LogP contribution in [0.3, 0.4) is 0 Å². The molecule has 13 nitrogen and oxygen atoms in total. The number of carbonyl (C=O) groups is 2. The summed E-state index contributed by atoms with van der Waals surface area (Å²) >= 11 is 0. The monoisotopic (exact) mass is 671 g/mol. The van der Waals surface area contributed by atoms with E-state index >= 15 is 0 Å². The number of hydrogen-bond donors (Lipinski definition) is 0. The van der Waals surface area contributed by atoms with E-state index in [0.717, 1.165) is 0 Å². The van der Waals surface area contributed by atoms with E-state index in [1.165, 1.54) is 25.3 Å². The standard InChI is InChI=1S/C22H23F6NO12S2/c1-11(2)39-14-10-12(6-7-13(14)36-3)8-9-29-15(19(30)37-4)17(40-42(32,33)21(23,24)25)18(16(29)20(31)38-5)41-43(34,35)22(26,27)28/h6-7,10-11H,8-9H2,1-5H3. The van der Waals surface area contributed by atoms with Gasteiger partial charge in [0.05, 0.1) is 27.4 Å². The maximum Gasteiger partial charge on any atom is 0.534 e. The molecule has 2 aromatic rings. The summed E-state index contributed by atoms with van der Waals surface area (Å²) in [6.45, 7) is 2.63. The summed E-state index contributed by atoms with van der Waals surface area (Å²) in [5.41, 5.74) is -15.0. The molecule has 242 valence electrons. The number of carbonyl (C=O) groups excluding carboxylic acids is 2. The third-order valence-corrected chi connectivity index (χ3v) is 7.01. The number of rotatable bonds is 12. The second-order valence-corrected chi connectivity index (χ2v) is 11.4. The summed E-state index contributed by atoms with van der Waals surface area (Å²) in [6, 6.07) is 4.28. The molecule has 21 heteroatoms. The molecule has 0 saturated carbocycles. The molecule has 0 N–H and O–H groups in total. The fraction of sp³-hybridized carbons (Fsp3) is 0.455. The van der Waals surface area contributed by atoms with Gasteiger partial charge in [0.25, 0.3) is 0 Å². The fourth-order valence-corrected chi connectivity index (χ4v) is 4.26. The minimum absolute atomic E-state index is 0.199. The Morgan fingerprint density at radius 2 is 1.23 bits per heavy atom. The van der Waals surface area contributed by atoms with E-state index in [4.69, 9.17) is 9.47 Å². The van der Waals surface area contributed by atoms with E-state index in [1.54, 1.807) is 13.8 Å². The predicted molar refractivity (Wildman–Crippen MR) is 131 cm³/mol. The van der Waals surface area contributed by atoms with Gasteiger partial charge in [0.2, 0.25) is 11.5 Å². The molecule has 0 aliphatic carbocycles. The summed E-state index contributed by atoms with van der Waals surface area (Å²) < 4.78 is 154. The second kappa shape index (κ2) is 12.8. The van der Waals surface area contributed by atoms with Gasteiger partial charge in [0.1, 0.15) is 0 Å². The normalized spacial score (nSPS) is 12.6. The highest BCUT2D eigenvalue weighted by Gasteiger charge is 2.53. The summed E-state index contributed by atoms with van der Waals surface area (Å²) in [6.07, 6.45) is -0.658. The Balaban J connectivity index is 2.93. The average molecular weight is 672 g/mol. The lowest BCUT2D eigenvalue weighted by Gasteiger charge is -2.16. The Morgan fingerprint density at radius 3 is 1.58 bits per heavy atom. The number of ether oxygens (including phenoxy) is 4. The maximum absolute atomic E-state index is 13.2. The van der Waals surface area contributed by atoms with Crippen molar-refractivity contribution in [2.24, 2.45) is 0 Å². The van der Waals surface area contributed by atoms with Crippen LogP contribution in [-0.4, -0.2) is 71.8 Å².